The van der Waals surface area contributed by atoms with Crippen LogP contribution in [0.4, 0.5) is 5.69 Å². The number of nitrogens with one attached hydrogen (secondary N) is 2. The molecular formula is C11H15BrClN3O. The molecule has 4 N–H and O–H groups in total. The van der Waals surface area contributed by atoms with E-state index in [1.807, 2.05) is 0 Å². The Balaban J connectivity index is 3.11. The molecule has 0 saturated carbocycles. The Bertz CT molecular complexity index is 423. The largest absolute Gasteiger partial charge is 0.383 e. The lowest BCUT2D eigenvalue weighted by atomic mass is 10.1. The van der Waals surface area contributed by atoms with Crippen LogP contribution >= 0.6 is 27.5 Å². The highest BCUT2D eigenvalue weighted by atomic mass is 79.9. The van der Waals surface area contributed by atoms with Gasteiger partial charge in [-0.3, -0.25) is 10.2 Å². The summed E-state index contributed by atoms with van der Waals surface area (Å²) in [4.78, 5) is 11.6. The van der Waals surface area contributed by atoms with Gasteiger partial charge in [0, 0.05) is 16.0 Å². The minimum atomic E-state index is -0.376. The summed E-state index contributed by atoms with van der Waals surface area (Å²) in [5, 5.41) is 3.68. The van der Waals surface area contributed by atoms with Gasteiger partial charge in [0.15, 0.2) is 0 Å². The van der Waals surface area contributed by atoms with Gasteiger partial charge in [0.2, 0.25) is 0 Å². The van der Waals surface area contributed by atoms with Crippen molar-refractivity contribution >= 4 is 39.1 Å². The zero-order chi connectivity index (χ0) is 13.0. The standard InChI is InChI=1S/C11H15BrClN3O/c1-6(2)5-15-10-8(11(17)16-14)3-7(13)4-9(10)12/h3-4,6,15H,5,14H2,1-2H3,(H,16,17). The van der Waals surface area contributed by atoms with Crippen LogP contribution in [0.5, 0.6) is 0 Å². The number of benzene rings is 1. The van der Waals surface area contributed by atoms with Crippen LogP contribution in [0.2, 0.25) is 5.02 Å². The molecule has 4 nitrogen and oxygen atoms in total. The number of rotatable bonds is 4. The molecule has 0 aliphatic carbocycles. The van der Waals surface area contributed by atoms with E-state index >= 15 is 0 Å². The average molecular weight is 321 g/mol. The number of nitrogens with two attached hydrogens (primary N) is 1. The molecule has 0 aliphatic rings. The number of hydrogen-bond acceptors (Lipinski definition) is 3. The van der Waals surface area contributed by atoms with E-state index in [0.717, 1.165) is 11.0 Å². The number of anilines is 1. The van der Waals surface area contributed by atoms with E-state index in [2.05, 4.69) is 40.5 Å². The third-order valence-corrected chi connectivity index (χ3v) is 2.96. The highest BCUT2D eigenvalue weighted by molar-refractivity contribution is 9.10. The first kappa shape index (κ1) is 14.3. The molecule has 0 saturated heterocycles. The number of carbonyl (C=O) groups is 1. The molecule has 1 rings (SSSR count). The summed E-state index contributed by atoms with van der Waals surface area (Å²) in [6.07, 6.45) is 0. The minimum absolute atomic E-state index is 0.376. The van der Waals surface area contributed by atoms with Gasteiger partial charge in [-0.05, 0) is 34.0 Å². The van der Waals surface area contributed by atoms with Crippen LogP contribution in [0, 0.1) is 5.92 Å². The lowest BCUT2D eigenvalue weighted by Crippen LogP contribution is -2.31. The lowest BCUT2D eigenvalue weighted by molar-refractivity contribution is 0.0954. The van der Waals surface area contributed by atoms with Gasteiger partial charge >= 0.3 is 0 Å². The molecule has 0 heterocycles. The lowest BCUT2D eigenvalue weighted by Gasteiger charge is -2.15. The summed E-state index contributed by atoms with van der Waals surface area (Å²) >= 11 is 9.29. The first-order valence-electron chi connectivity index (χ1n) is 5.19. The van der Waals surface area contributed by atoms with Crippen LogP contribution in [0.1, 0.15) is 24.2 Å². The number of amides is 1. The minimum Gasteiger partial charge on any atom is -0.383 e. The monoisotopic (exact) mass is 319 g/mol. The summed E-state index contributed by atoms with van der Waals surface area (Å²) in [6.45, 7) is 4.92. The first-order chi connectivity index (χ1) is 7.95. The summed E-state index contributed by atoms with van der Waals surface area (Å²) in [6, 6.07) is 3.31. The second-order valence-electron chi connectivity index (χ2n) is 4.06. The SMILES string of the molecule is CC(C)CNc1c(Br)cc(Cl)cc1C(=O)NN. The van der Waals surface area contributed by atoms with Crippen LogP contribution < -0.4 is 16.6 Å². The molecule has 1 aromatic rings. The van der Waals surface area contributed by atoms with Gasteiger partial charge in [0.05, 0.1) is 11.3 Å². The van der Waals surface area contributed by atoms with Crippen LogP contribution in [-0.2, 0) is 0 Å². The van der Waals surface area contributed by atoms with Crippen molar-refractivity contribution in [3.8, 4) is 0 Å². The molecule has 94 valence electrons. The zero-order valence-electron chi connectivity index (χ0n) is 9.68. The molecule has 0 radical (unpaired) electrons. The zero-order valence-corrected chi connectivity index (χ0v) is 12.0. The van der Waals surface area contributed by atoms with Gasteiger partial charge in [0.25, 0.3) is 5.91 Å². The van der Waals surface area contributed by atoms with Crippen molar-refractivity contribution in [3.63, 3.8) is 0 Å². The van der Waals surface area contributed by atoms with Crippen LogP contribution in [0.3, 0.4) is 0 Å². The number of nitrogen functional groups attached to an aromatic ring is 1. The van der Waals surface area contributed by atoms with Gasteiger partial charge in [-0.25, -0.2) is 5.84 Å². The highest BCUT2D eigenvalue weighted by Crippen LogP contribution is 2.30. The average Bonchev–Trinajstić information content (AvgIpc) is 2.25. The second kappa shape index (κ2) is 6.23. The third-order valence-electron chi connectivity index (χ3n) is 2.12. The van der Waals surface area contributed by atoms with Crippen LogP contribution in [0.15, 0.2) is 16.6 Å². The van der Waals surface area contributed by atoms with E-state index in [1.165, 1.54) is 0 Å². The van der Waals surface area contributed by atoms with E-state index in [0.29, 0.717) is 22.2 Å². The molecule has 1 amide bonds. The predicted molar refractivity (Wildman–Crippen MR) is 74.1 cm³/mol. The maximum Gasteiger partial charge on any atom is 0.267 e. The fourth-order valence-electron chi connectivity index (χ4n) is 1.32. The first-order valence-corrected chi connectivity index (χ1v) is 6.36. The van der Waals surface area contributed by atoms with Gasteiger partial charge < -0.3 is 5.32 Å². The Kier molecular flexibility index (Phi) is 5.24. The Morgan fingerprint density at radius 1 is 1.53 bits per heavy atom. The van der Waals surface area contributed by atoms with Crippen molar-refractivity contribution in [1.82, 2.24) is 5.43 Å². The summed E-state index contributed by atoms with van der Waals surface area (Å²) < 4.78 is 0.740. The van der Waals surface area contributed by atoms with Crippen molar-refractivity contribution < 1.29 is 4.79 Å². The van der Waals surface area contributed by atoms with Gasteiger partial charge in [-0.1, -0.05) is 25.4 Å². The van der Waals surface area contributed by atoms with Crippen LogP contribution in [0.25, 0.3) is 0 Å². The molecule has 0 atom stereocenters. The van der Waals surface area contributed by atoms with Gasteiger partial charge in [0.1, 0.15) is 0 Å². The maximum absolute atomic E-state index is 11.6. The molecule has 0 aromatic heterocycles. The molecule has 0 unspecified atom stereocenters. The Morgan fingerprint density at radius 2 is 2.18 bits per heavy atom. The molecule has 17 heavy (non-hydrogen) atoms. The fraction of sp³-hybridized carbons (Fsp3) is 0.364. The third kappa shape index (κ3) is 3.87. The topological polar surface area (TPSA) is 67.2 Å². The molecular weight excluding hydrogens is 305 g/mol. The molecule has 6 heteroatoms. The quantitative estimate of drug-likeness (QED) is 0.454. The highest BCUT2D eigenvalue weighted by Gasteiger charge is 2.14. The Hall–Kier alpha value is -0.780. The molecule has 0 fully saturated rings. The molecule has 0 aliphatic heterocycles. The van der Waals surface area contributed by atoms with Gasteiger partial charge in [-0.15, -0.1) is 0 Å². The summed E-state index contributed by atoms with van der Waals surface area (Å²) in [5.74, 6) is 5.23. The molecule has 0 spiro atoms. The summed E-state index contributed by atoms with van der Waals surface area (Å²) in [5.41, 5.74) is 3.23. The fourth-order valence-corrected chi connectivity index (χ4v) is 2.27. The van der Waals surface area contributed by atoms with Crippen molar-refractivity contribution in [2.75, 3.05) is 11.9 Å². The molecule has 1 aromatic carbocycles. The van der Waals surface area contributed by atoms with E-state index in [4.69, 9.17) is 17.4 Å². The van der Waals surface area contributed by atoms with E-state index < -0.39 is 0 Å². The van der Waals surface area contributed by atoms with Crippen LogP contribution in [-0.4, -0.2) is 12.5 Å². The van der Waals surface area contributed by atoms with E-state index in [9.17, 15) is 4.79 Å². The maximum atomic E-state index is 11.6. The second-order valence-corrected chi connectivity index (χ2v) is 5.35. The number of carbonyl (C=O) groups excluding carboxylic acids is 1. The normalized spacial score (nSPS) is 10.5. The number of halogens is 2. The van der Waals surface area contributed by atoms with E-state index in [-0.39, 0.29) is 5.91 Å². The Morgan fingerprint density at radius 3 is 2.71 bits per heavy atom. The van der Waals surface area contributed by atoms with Crippen molar-refractivity contribution in [1.29, 1.82) is 0 Å². The van der Waals surface area contributed by atoms with Gasteiger partial charge in [-0.2, -0.15) is 0 Å². The van der Waals surface area contributed by atoms with Crippen molar-refractivity contribution in [2.45, 2.75) is 13.8 Å². The molecule has 0 bridgehead atoms. The van der Waals surface area contributed by atoms with E-state index in [1.54, 1.807) is 12.1 Å². The number of hydrogen-bond donors (Lipinski definition) is 3. The van der Waals surface area contributed by atoms with Crippen molar-refractivity contribution in [2.24, 2.45) is 11.8 Å². The predicted octanol–water partition coefficient (Wildman–Crippen LogP) is 2.77. The summed E-state index contributed by atoms with van der Waals surface area (Å²) in [7, 11) is 0. The smallest absolute Gasteiger partial charge is 0.267 e. The number of hydrazine groups is 1. The van der Waals surface area contributed by atoms with Crippen molar-refractivity contribution in [3.05, 3.63) is 27.2 Å². The Labute approximate surface area is 114 Å².